The van der Waals surface area contributed by atoms with E-state index in [-0.39, 0.29) is 12.3 Å². The van der Waals surface area contributed by atoms with E-state index in [4.69, 9.17) is 18.6 Å². The van der Waals surface area contributed by atoms with Gasteiger partial charge in [0.05, 0.1) is 34.0 Å². The lowest BCUT2D eigenvalue weighted by Crippen LogP contribution is -2.32. The van der Waals surface area contributed by atoms with E-state index in [9.17, 15) is 4.79 Å². The van der Waals surface area contributed by atoms with E-state index in [1.807, 2.05) is 42.1 Å². The zero-order valence-electron chi connectivity index (χ0n) is 18.4. The maximum Gasteiger partial charge on any atom is 0.225 e. The van der Waals surface area contributed by atoms with Crippen LogP contribution >= 0.6 is 0 Å². The van der Waals surface area contributed by atoms with Crippen molar-refractivity contribution in [2.24, 2.45) is 7.05 Å². The van der Waals surface area contributed by atoms with E-state index in [2.05, 4.69) is 10.3 Å². The largest absolute Gasteiger partial charge is 0.497 e. The molecule has 1 N–H and O–H groups in total. The van der Waals surface area contributed by atoms with Gasteiger partial charge in [-0.2, -0.15) is 0 Å². The van der Waals surface area contributed by atoms with Gasteiger partial charge in [-0.15, -0.1) is 0 Å². The molecule has 8 heteroatoms. The molecule has 4 rings (SSSR count). The molecule has 0 aliphatic rings. The lowest BCUT2D eigenvalue weighted by atomic mass is 10.0. The molecule has 0 bridgehead atoms. The lowest BCUT2D eigenvalue weighted by Gasteiger charge is -2.20. The zero-order valence-corrected chi connectivity index (χ0v) is 18.4. The number of hydrogen-bond donors (Lipinski definition) is 1. The van der Waals surface area contributed by atoms with Crippen LogP contribution in [0.1, 0.15) is 23.0 Å². The highest BCUT2D eigenvalue weighted by Gasteiger charge is 2.23. The summed E-state index contributed by atoms with van der Waals surface area (Å²) in [4.78, 5) is 17.6. The summed E-state index contributed by atoms with van der Waals surface area (Å²) < 4.78 is 23.6. The number of nitrogens with one attached hydrogen (secondary N) is 1. The Bertz CT molecular complexity index is 1220. The molecule has 2 heterocycles. The van der Waals surface area contributed by atoms with Crippen molar-refractivity contribution in [2.45, 2.75) is 12.5 Å². The number of hydrogen-bond acceptors (Lipinski definition) is 6. The molecule has 0 fully saturated rings. The Kier molecular flexibility index (Phi) is 6.02. The van der Waals surface area contributed by atoms with E-state index in [0.29, 0.717) is 28.7 Å². The third-order valence-electron chi connectivity index (χ3n) is 5.34. The number of furan rings is 1. The van der Waals surface area contributed by atoms with Crippen LogP contribution in [0.2, 0.25) is 0 Å². The number of rotatable bonds is 8. The van der Waals surface area contributed by atoms with E-state index in [1.54, 1.807) is 45.9 Å². The fourth-order valence-corrected chi connectivity index (χ4v) is 3.66. The molecule has 0 saturated heterocycles. The molecule has 0 aliphatic heterocycles. The SMILES string of the molecule is COc1cc(OC)cc(C(NC(=O)Cc2coc3cc(OC)ccc23)c2nccn2C)c1. The van der Waals surface area contributed by atoms with Gasteiger partial charge in [-0.3, -0.25) is 4.79 Å². The van der Waals surface area contributed by atoms with Crippen LogP contribution in [-0.4, -0.2) is 36.8 Å². The van der Waals surface area contributed by atoms with Gasteiger partial charge in [-0.25, -0.2) is 4.98 Å². The van der Waals surface area contributed by atoms with Crippen LogP contribution in [0.3, 0.4) is 0 Å². The van der Waals surface area contributed by atoms with Gasteiger partial charge in [0.1, 0.15) is 34.7 Å². The quantitative estimate of drug-likeness (QED) is 0.455. The van der Waals surface area contributed by atoms with Gasteiger partial charge in [0.2, 0.25) is 5.91 Å². The Labute approximate surface area is 185 Å². The van der Waals surface area contributed by atoms with Gasteiger partial charge in [-0.05, 0) is 29.8 Å². The van der Waals surface area contributed by atoms with Crippen LogP contribution in [0.15, 0.2) is 59.5 Å². The molecular formula is C24H25N3O5. The number of fused-ring (bicyclic) bond motifs is 1. The second kappa shape index (κ2) is 9.05. The summed E-state index contributed by atoms with van der Waals surface area (Å²) in [6.45, 7) is 0. The maximum atomic E-state index is 13.1. The number of methoxy groups -OCH3 is 3. The minimum Gasteiger partial charge on any atom is -0.497 e. The summed E-state index contributed by atoms with van der Waals surface area (Å²) in [5.74, 6) is 2.48. The van der Waals surface area contributed by atoms with Crippen molar-refractivity contribution < 1.29 is 23.4 Å². The van der Waals surface area contributed by atoms with Crippen LogP contribution in [0, 0.1) is 0 Å². The number of amides is 1. The van der Waals surface area contributed by atoms with Crippen LogP contribution in [-0.2, 0) is 18.3 Å². The summed E-state index contributed by atoms with van der Waals surface area (Å²) in [7, 11) is 6.66. The number of nitrogens with zero attached hydrogens (tertiary/aromatic N) is 2. The van der Waals surface area contributed by atoms with Crippen molar-refractivity contribution in [3.8, 4) is 17.2 Å². The first-order valence-electron chi connectivity index (χ1n) is 10.1. The summed E-state index contributed by atoms with van der Waals surface area (Å²) >= 11 is 0. The number of benzene rings is 2. The zero-order chi connectivity index (χ0) is 22.7. The Morgan fingerprint density at radius 3 is 2.41 bits per heavy atom. The highest BCUT2D eigenvalue weighted by Crippen LogP contribution is 2.30. The first-order valence-corrected chi connectivity index (χ1v) is 10.1. The summed E-state index contributed by atoms with van der Waals surface area (Å²) in [6.07, 6.45) is 5.29. The molecule has 1 amide bonds. The van der Waals surface area contributed by atoms with E-state index in [1.165, 1.54) is 0 Å². The third kappa shape index (κ3) is 4.25. The average Bonchev–Trinajstić information content (AvgIpc) is 3.42. The van der Waals surface area contributed by atoms with E-state index >= 15 is 0 Å². The fourth-order valence-electron chi connectivity index (χ4n) is 3.66. The second-order valence-electron chi connectivity index (χ2n) is 7.34. The van der Waals surface area contributed by atoms with Gasteiger partial charge in [-0.1, -0.05) is 0 Å². The number of ether oxygens (including phenoxy) is 3. The fraction of sp³-hybridized carbons (Fsp3) is 0.250. The molecule has 1 atom stereocenters. The number of imidazole rings is 1. The van der Waals surface area contributed by atoms with E-state index in [0.717, 1.165) is 16.5 Å². The smallest absolute Gasteiger partial charge is 0.225 e. The highest BCUT2D eigenvalue weighted by atomic mass is 16.5. The maximum absolute atomic E-state index is 13.1. The monoisotopic (exact) mass is 435 g/mol. The summed E-state index contributed by atoms with van der Waals surface area (Å²) in [5, 5.41) is 3.98. The van der Waals surface area contributed by atoms with Crippen molar-refractivity contribution in [3.63, 3.8) is 0 Å². The first kappa shape index (κ1) is 21.3. The molecule has 2 aromatic heterocycles. The predicted molar refractivity (Wildman–Crippen MR) is 119 cm³/mol. The number of aryl methyl sites for hydroxylation is 1. The minimum atomic E-state index is -0.496. The third-order valence-corrected chi connectivity index (χ3v) is 5.34. The van der Waals surface area contributed by atoms with Crippen LogP contribution in [0.25, 0.3) is 11.0 Å². The topological polar surface area (TPSA) is 87.8 Å². The van der Waals surface area contributed by atoms with Crippen molar-refractivity contribution in [3.05, 3.63) is 72.0 Å². The molecule has 2 aromatic carbocycles. The molecule has 0 radical (unpaired) electrons. The van der Waals surface area contributed by atoms with Gasteiger partial charge < -0.3 is 28.5 Å². The molecule has 8 nitrogen and oxygen atoms in total. The molecule has 0 spiro atoms. The molecule has 166 valence electrons. The van der Waals surface area contributed by atoms with Gasteiger partial charge >= 0.3 is 0 Å². The normalized spacial score (nSPS) is 11.9. The van der Waals surface area contributed by atoms with E-state index < -0.39 is 6.04 Å². The summed E-state index contributed by atoms with van der Waals surface area (Å²) in [5.41, 5.74) is 2.26. The van der Waals surface area contributed by atoms with Crippen molar-refractivity contribution in [1.82, 2.24) is 14.9 Å². The molecular weight excluding hydrogens is 410 g/mol. The number of carbonyl (C=O) groups is 1. The summed E-state index contributed by atoms with van der Waals surface area (Å²) in [6, 6.07) is 10.6. The standard InChI is InChI=1S/C24H25N3O5/c1-27-8-7-25-24(27)23(15-9-18(30-3)12-19(10-15)31-4)26-22(28)11-16-14-32-21-13-17(29-2)5-6-20(16)21/h5-10,12-14,23H,11H2,1-4H3,(H,26,28). The van der Waals surface area contributed by atoms with Gasteiger partial charge in [0.25, 0.3) is 0 Å². The van der Waals surface area contributed by atoms with Crippen LogP contribution in [0.5, 0.6) is 17.2 Å². The Balaban J connectivity index is 1.64. The lowest BCUT2D eigenvalue weighted by molar-refractivity contribution is -0.121. The molecule has 0 aliphatic carbocycles. The first-order chi connectivity index (χ1) is 15.5. The number of aromatic nitrogens is 2. The van der Waals surface area contributed by atoms with Crippen molar-refractivity contribution in [1.29, 1.82) is 0 Å². The van der Waals surface area contributed by atoms with Crippen LogP contribution in [0.4, 0.5) is 0 Å². The average molecular weight is 435 g/mol. The van der Waals surface area contributed by atoms with Crippen LogP contribution < -0.4 is 19.5 Å². The van der Waals surface area contributed by atoms with Gasteiger partial charge in [0, 0.05) is 42.5 Å². The molecule has 4 aromatic rings. The Morgan fingerprint density at radius 1 is 1.06 bits per heavy atom. The van der Waals surface area contributed by atoms with Gasteiger partial charge in [0.15, 0.2) is 0 Å². The Hall–Kier alpha value is -3.94. The molecule has 0 saturated carbocycles. The molecule has 32 heavy (non-hydrogen) atoms. The van der Waals surface area contributed by atoms with Crippen molar-refractivity contribution in [2.75, 3.05) is 21.3 Å². The van der Waals surface area contributed by atoms with Crippen molar-refractivity contribution >= 4 is 16.9 Å². The predicted octanol–water partition coefficient (Wildman–Crippen LogP) is 3.64. The Morgan fingerprint density at radius 2 is 1.78 bits per heavy atom. The molecule has 1 unspecified atom stereocenters. The number of carbonyl (C=O) groups excluding carboxylic acids is 1. The second-order valence-corrected chi connectivity index (χ2v) is 7.34. The highest BCUT2D eigenvalue weighted by molar-refractivity contribution is 5.88. The minimum absolute atomic E-state index is 0.154.